The van der Waals surface area contributed by atoms with Gasteiger partial charge in [0.15, 0.2) is 0 Å². The predicted molar refractivity (Wildman–Crippen MR) is 67.8 cm³/mol. The Morgan fingerprint density at radius 2 is 2.06 bits per heavy atom. The lowest BCUT2D eigenvalue weighted by Crippen LogP contribution is -2.42. The van der Waals surface area contributed by atoms with Crippen molar-refractivity contribution in [2.24, 2.45) is 0 Å². The second kappa shape index (κ2) is 7.68. The van der Waals surface area contributed by atoms with Crippen molar-refractivity contribution in [1.29, 1.82) is 0 Å². The minimum Gasteiger partial charge on any atom is -0.380 e. The maximum Gasteiger partial charge on any atom is 0.315 e. The summed E-state index contributed by atoms with van der Waals surface area (Å²) in [6.07, 6.45) is 0. The van der Waals surface area contributed by atoms with Crippen LogP contribution in [0.15, 0.2) is 30.3 Å². The third kappa shape index (κ3) is 5.92. The molecule has 94 valence electrons. The monoisotopic (exact) mass is 236 g/mol. The topological polar surface area (TPSA) is 50.4 Å². The van der Waals surface area contributed by atoms with E-state index < -0.39 is 0 Å². The number of carbonyl (C=O) groups excluding carboxylic acids is 1. The molecular formula is C13H20N2O2. The zero-order chi connectivity index (χ0) is 12.5. The Kier molecular flexibility index (Phi) is 6.10. The lowest BCUT2D eigenvalue weighted by molar-refractivity contribution is 0.128. The smallest absolute Gasteiger partial charge is 0.315 e. The van der Waals surface area contributed by atoms with Crippen molar-refractivity contribution in [1.82, 2.24) is 10.6 Å². The highest BCUT2D eigenvalue weighted by atomic mass is 16.5. The molecular weight excluding hydrogens is 216 g/mol. The van der Waals surface area contributed by atoms with Gasteiger partial charge >= 0.3 is 6.03 Å². The maximum absolute atomic E-state index is 11.5. The third-order valence-corrected chi connectivity index (χ3v) is 2.25. The molecule has 0 aliphatic carbocycles. The highest BCUT2D eigenvalue weighted by Crippen LogP contribution is 1.96. The van der Waals surface area contributed by atoms with E-state index in [9.17, 15) is 4.79 Å². The molecule has 17 heavy (non-hydrogen) atoms. The van der Waals surface area contributed by atoms with Crippen molar-refractivity contribution >= 4 is 6.03 Å². The van der Waals surface area contributed by atoms with Crippen LogP contribution >= 0.6 is 0 Å². The van der Waals surface area contributed by atoms with Gasteiger partial charge in [0, 0.05) is 13.2 Å². The second-order valence-electron chi connectivity index (χ2n) is 3.87. The predicted octanol–water partition coefficient (Wildman–Crippen LogP) is 1.91. The van der Waals surface area contributed by atoms with Crippen LogP contribution in [-0.2, 0) is 11.3 Å². The summed E-state index contributed by atoms with van der Waals surface area (Å²) >= 11 is 0. The first-order valence-corrected chi connectivity index (χ1v) is 5.88. The zero-order valence-corrected chi connectivity index (χ0v) is 10.4. The molecule has 0 bridgehead atoms. The molecule has 0 heterocycles. The van der Waals surface area contributed by atoms with Crippen molar-refractivity contribution in [2.75, 3.05) is 13.2 Å². The van der Waals surface area contributed by atoms with Crippen LogP contribution in [0.3, 0.4) is 0 Å². The van der Waals surface area contributed by atoms with E-state index in [1.165, 1.54) is 0 Å². The van der Waals surface area contributed by atoms with Crippen LogP contribution in [0.4, 0.5) is 4.79 Å². The van der Waals surface area contributed by atoms with E-state index in [0.717, 1.165) is 5.56 Å². The largest absolute Gasteiger partial charge is 0.380 e. The standard InChI is InChI=1S/C13H20N2O2/c1-3-17-10-11(2)15-13(16)14-9-12-7-5-4-6-8-12/h4-8,11H,3,9-10H2,1-2H3,(H2,14,15,16). The Morgan fingerprint density at radius 1 is 1.35 bits per heavy atom. The molecule has 1 unspecified atom stereocenters. The fourth-order valence-corrected chi connectivity index (χ4v) is 1.39. The molecule has 0 aromatic heterocycles. The molecule has 0 fully saturated rings. The van der Waals surface area contributed by atoms with Crippen molar-refractivity contribution in [3.8, 4) is 0 Å². The average molecular weight is 236 g/mol. The Labute approximate surface area is 102 Å². The van der Waals surface area contributed by atoms with E-state index in [2.05, 4.69) is 10.6 Å². The molecule has 0 saturated heterocycles. The van der Waals surface area contributed by atoms with Gasteiger partial charge in [0.25, 0.3) is 0 Å². The summed E-state index contributed by atoms with van der Waals surface area (Å²) in [7, 11) is 0. The van der Waals surface area contributed by atoms with Crippen molar-refractivity contribution < 1.29 is 9.53 Å². The quantitative estimate of drug-likeness (QED) is 0.792. The molecule has 1 aromatic rings. The van der Waals surface area contributed by atoms with E-state index in [1.54, 1.807) is 0 Å². The van der Waals surface area contributed by atoms with Gasteiger partial charge in [-0.15, -0.1) is 0 Å². The first-order chi connectivity index (χ1) is 8.22. The minimum absolute atomic E-state index is 0.0192. The van der Waals surface area contributed by atoms with Crippen molar-refractivity contribution in [3.63, 3.8) is 0 Å². The number of ether oxygens (including phenoxy) is 1. The van der Waals surface area contributed by atoms with Gasteiger partial charge in [0.1, 0.15) is 0 Å². The highest BCUT2D eigenvalue weighted by Gasteiger charge is 2.06. The summed E-state index contributed by atoms with van der Waals surface area (Å²) < 4.78 is 5.22. The molecule has 0 aliphatic rings. The summed E-state index contributed by atoms with van der Waals surface area (Å²) in [5.41, 5.74) is 1.08. The summed E-state index contributed by atoms with van der Waals surface area (Å²) in [4.78, 5) is 11.5. The lowest BCUT2D eigenvalue weighted by Gasteiger charge is -2.14. The van der Waals surface area contributed by atoms with E-state index in [0.29, 0.717) is 19.8 Å². The molecule has 4 nitrogen and oxygen atoms in total. The Bertz CT molecular complexity index is 327. The third-order valence-electron chi connectivity index (χ3n) is 2.25. The van der Waals surface area contributed by atoms with Crippen LogP contribution in [0.2, 0.25) is 0 Å². The van der Waals surface area contributed by atoms with Gasteiger partial charge in [-0.3, -0.25) is 0 Å². The molecule has 4 heteroatoms. The number of carbonyl (C=O) groups is 1. The molecule has 0 saturated carbocycles. The van der Waals surface area contributed by atoms with Crippen LogP contribution in [0.1, 0.15) is 19.4 Å². The van der Waals surface area contributed by atoms with Gasteiger partial charge in [-0.05, 0) is 19.4 Å². The number of rotatable bonds is 6. The zero-order valence-electron chi connectivity index (χ0n) is 10.4. The maximum atomic E-state index is 11.5. The molecule has 1 atom stereocenters. The fourth-order valence-electron chi connectivity index (χ4n) is 1.39. The van der Waals surface area contributed by atoms with E-state index in [1.807, 2.05) is 44.2 Å². The lowest BCUT2D eigenvalue weighted by atomic mass is 10.2. The number of amides is 2. The van der Waals surface area contributed by atoms with Gasteiger partial charge < -0.3 is 15.4 Å². The van der Waals surface area contributed by atoms with Crippen LogP contribution in [0.25, 0.3) is 0 Å². The van der Waals surface area contributed by atoms with Crippen molar-refractivity contribution in [2.45, 2.75) is 26.4 Å². The fraction of sp³-hybridized carbons (Fsp3) is 0.462. The number of nitrogens with one attached hydrogen (secondary N) is 2. The van der Waals surface area contributed by atoms with E-state index >= 15 is 0 Å². The molecule has 2 amide bonds. The highest BCUT2D eigenvalue weighted by molar-refractivity contribution is 5.74. The van der Waals surface area contributed by atoms with E-state index in [4.69, 9.17) is 4.74 Å². The normalized spacial score (nSPS) is 11.9. The molecule has 1 rings (SSSR count). The van der Waals surface area contributed by atoms with Crippen LogP contribution in [-0.4, -0.2) is 25.3 Å². The molecule has 2 N–H and O–H groups in total. The summed E-state index contributed by atoms with van der Waals surface area (Å²) in [5, 5.41) is 5.61. The molecule has 0 aliphatic heterocycles. The Hall–Kier alpha value is -1.55. The molecule has 0 spiro atoms. The Balaban J connectivity index is 2.21. The molecule has 0 radical (unpaired) electrons. The minimum atomic E-state index is -0.166. The number of hydrogen-bond donors (Lipinski definition) is 2. The summed E-state index contributed by atoms with van der Waals surface area (Å²) in [6, 6.07) is 9.66. The van der Waals surface area contributed by atoms with Crippen LogP contribution < -0.4 is 10.6 Å². The van der Waals surface area contributed by atoms with Crippen molar-refractivity contribution in [3.05, 3.63) is 35.9 Å². The first kappa shape index (κ1) is 13.5. The van der Waals surface area contributed by atoms with Gasteiger partial charge in [0.2, 0.25) is 0 Å². The SMILES string of the molecule is CCOCC(C)NC(=O)NCc1ccccc1. The van der Waals surface area contributed by atoms with Gasteiger partial charge in [-0.25, -0.2) is 4.79 Å². The molecule has 1 aromatic carbocycles. The van der Waals surface area contributed by atoms with Crippen LogP contribution in [0, 0.1) is 0 Å². The van der Waals surface area contributed by atoms with Crippen LogP contribution in [0.5, 0.6) is 0 Å². The van der Waals surface area contributed by atoms with Gasteiger partial charge in [-0.2, -0.15) is 0 Å². The summed E-state index contributed by atoms with van der Waals surface area (Å²) in [5.74, 6) is 0. The number of hydrogen-bond acceptors (Lipinski definition) is 2. The average Bonchev–Trinajstić information content (AvgIpc) is 2.35. The van der Waals surface area contributed by atoms with Gasteiger partial charge in [-0.1, -0.05) is 30.3 Å². The summed E-state index contributed by atoms with van der Waals surface area (Å²) in [6.45, 7) is 5.58. The van der Waals surface area contributed by atoms with Gasteiger partial charge in [0.05, 0.1) is 12.6 Å². The number of benzene rings is 1. The Morgan fingerprint density at radius 3 is 2.71 bits per heavy atom. The first-order valence-electron chi connectivity index (χ1n) is 5.88. The number of urea groups is 1. The van der Waals surface area contributed by atoms with E-state index in [-0.39, 0.29) is 12.1 Å². The second-order valence-corrected chi connectivity index (χ2v) is 3.87.